The number of aryl methyl sites for hydroxylation is 1. The summed E-state index contributed by atoms with van der Waals surface area (Å²) in [7, 11) is 0. The molecule has 3 N–H and O–H groups in total. The molecule has 3 nitrogen and oxygen atoms in total. The molecule has 0 bridgehead atoms. The zero-order valence-corrected chi connectivity index (χ0v) is 12.6. The molecule has 0 spiro atoms. The predicted octanol–water partition coefficient (Wildman–Crippen LogP) is 2.86. The lowest BCUT2D eigenvalue weighted by Crippen LogP contribution is -2.38. The van der Waals surface area contributed by atoms with Crippen molar-refractivity contribution >= 4 is 17.2 Å². The molecular weight excluding hydrogens is 256 g/mol. The summed E-state index contributed by atoms with van der Waals surface area (Å²) >= 11 is 1.81. The van der Waals surface area contributed by atoms with Crippen LogP contribution in [0, 0.1) is 11.8 Å². The summed E-state index contributed by atoms with van der Waals surface area (Å²) < 4.78 is 0. The van der Waals surface area contributed by atoms with Crippen LogP contribution in [0.4, 0.5) is 0 Å². The third kappa shape index (κ3) is 3.57. The lowest BCUT2D eigenvalue weighted by Gasteiger charge is -2.26. The molecule has 0 aliphatic heterocycles. The average molecular weight is 280 g/mol. The monoisotopic (exact) mass is 280 g/mol. The third-order valence-electron chi connectivity index (χ3n) is 3.78. The molecule has 1 amide bonds. The first-order chi connectivity index (χ1) is 9.11. The molecule has 1 aromatic heterocycles. The van der Waals surface area contributed by atoms with Gasteiger partial charge in [-0.2, -0.15) is 0 Å². The van der Waals surface area contributed by atoms with Crippen molar-refractivity contribution in [2.75, 3.05) is 6.54 Å². The predicted molar refractivity (Wildman–Crippen MR) is 80.1 cm³/mol. The van der Waals surface area contributed by atoms with Crippen molar-refractivity contribution in [3.05, 3.63) is 21.9 Å². The van der Waals surface area contributed by atoms with E-state index in [9.17, 15) is 4.79 Å². The Balaban J connectivity index is 2.00. The van der Waals surface area contributed by atoms with E-state index in [0.717, 1.165) is 25.7 Å². The van der Waals surface area contributed by atoms with Gasteiger partial charge in [0, 0.05) is 11.4 Å². The van der Waals surface area contributed by atoms with E-state index in [4.69, 9.17) is 5.73 Å². The van der Waals surface area contributed by atoms with Crippen molar-refractivity contribution in [1.29, 1.82) is 0 Å². The number of carbonyl (C=O) groups is 1. The number of carbonyl (C=O) groups excluding carboxylic acids is 1. The molecule has 0 fully saturated rings. The van der Waals surface area contributed by atoms with Crippen LogP contribution in [0.3, 0.4) is 0 Å². The first kappa shape index (κ1) is 14.5. The molecule has 2 atom stereocenters. The summed E-state index contributed by atoms with van der Waals surface area (Å²) in [4.78, 5) is 13.8. The van der Waals surface area contributed by atoms with E-state index in [1.165, 1.54) is 10.4 Å². The van der Waals surface area contributed by atoms with Crippen molar-refractivity contribution in [1.82, 2.24) is 5.32 Å². The summed E-state index contributed by atoms with van der Waals surface area (Å²) in [6.45, 7) is 4.70. The fraction of sp³-hybridized carbons (Fsp3) is 0.667. The van der Waals surface area contributed by atoms with E-state index < -0.39 is 0 Å². The SMILES string of the molecule is CC(C)CC(CN)C(=O)NC1CCCc2sccc21. The Bertz CT molecular complexity index is 428. The Hall–Kier alpha value is -0.870. The molecule has 0 saturated carbocycles. The number of hydrogen-bond acceptors (Lipinski definition) is 3. The maximum absolute atomic E-state index is 12.3. The van der Waals surface area contributed by atoms with E-state index in [0.29, 0.717) is 12.5 Å². The van der Waals surface area contributed by atoms with Crippen LogP contribution in [-0.4, -0.2) is 12.5 Å². The van der Waals surface area contributed by atoms with Gasteiger partial charge in [-0.05, 0) is 48.6 Å². The van der Waals surface area contributed by atoms with Crippen molar-refractivity contribution < 1.29 is 4.79 Å². The van der Waals surface area contributed by atoms with Crippen molar-refractivity contribution in [2.24, 2.45) is 17.6 Å². The largest absolute Gasteiger partial charge is 0.349 e. The Morgan fingerprint density at radius 1 is 1.58 bits per heavy atom. The van der Waals surface area contributed by atoms with Crippen molar-refractivity contribution in [3.63, 3.8) is 0 Å². The molecule has 1 heterocycles. The molecule has 2 unspecified atom stereocenters. The van der Waals surface area contributed by atoms with Gasteiger partial charge in [0.15, 0.2) is 0 Å². The molecule has 106 valence electrons. The number of fused-ring (bicyclic) bond motifs is 1. The summed E-state index contributed by atoms with van der Waals surface area (Å²) in [6.07, 6.45) is 4.24. The van der Waals surface area contributed by atoms with Crippen LogP contribution >= 0.6 is 11.3 Å². The van der Waals surface area contributed by atoms with Gasteiger partial charge in [0.2, 0.25) is 5.91 Å². The van der Waals surface area contributed by atoms with Crippen molar-refractivity contribution in [3.8, 4) is 0 Å². The van der Waals surface area contributed by atoms with Crippen LogP contribution in [0.5, 0.6) is 0 Å². The number of thiophene rings is 1. The minimum atomic E-state index is -0.0518. The summed E-state index contributed by atoms with van der Waals surface area (Å²) in [5, 5.41) is 5.33. The molecule has 0 aromatic carbocycles. The lowest BCUT2D eigenvalue weighted by molar-refractivity contribution is -0.126. The second-order valence-corrected chi connectivity index (χ2v) is 6.82. The Kier molecular flexibility index (Phi) is 4.99. The number of nitrogens with two attached hydrogens (primary N) is 1. The van der Waals surface area contributed by atoms with Gasteiger partial charge >= 0.3 is 0 Å². The highest BCUT2D eigenvalue weighted by Crippen LogP contribution is 2.33. The topological polar surface area (TPSA) is 55.1 Å². The maximum atomic E-state index is 12.3. The number of amides is 1. The zero-order chi connectivity index (χ0) is 13.8. The quantitative estimate of drug-likeness (QED) is 0.871. The van der Waals surface area contributed by atoms with Crippen LogP contribution in [0.1, 0.15) is 49.6 Å². The van der Waals surface area contributed by atoms with Crippen LogP contribution in [0.2, 0.25) is 0 Å². The number of nitrogens with one attached hydrogen (secondary N) is 1. The molecule has 0 saturated heterocycles. The normalized spacial score (nSPS) is 20.1. The summed E-state index contributed by atoms with van der Waals surface area (Å²) in [6, 6.07) is 2.35. The molecule has 4 heteroatoms. The first-order valence-corrected chi connectivity index (χ1v) is 8.06. The maximum Gasteiger partial charge on any atom is 0.224 e. The van der Waals surface area contributed by atoms with E-state index in [-0.39, 0.29) is 17.9 Å². The lowest BCUT2D eigenvalue weighted by atomic mass is 9.92. The molecule has 1 aliphatic rings. The second-order valence-electron chi connectivity index (χ2n) is 5.81. The Labute approximate surface area is 119 Å². The van der Waals surface area contributed by atoms with Crippen LogP contribution in [-0.2, 0) is 11.2 Å². The van der Waals surface area contributed by atoms with Crippen LogP contribution in [0.15, 0.2) is 11.4 Å². The van der Waals surface area contributed by atoms with E-state index in [2.05, 4.69) is 30.6 Å². The van der Waals surface area contributed by atoms with Gasteiger partial charge in [-0.3, -0.25) is 4.79 Å². The fourth-order valence-corrected chi connectivity index (χ4v) is 3.79. The highest BCUT2D eigenvalue weighted by Gasteiger charge is 2.25. The van der Waals surface area contributed by atoms with Gasteiger partial charge in [-0.25, -0.2) is 0 Å². The molecule has 0 radical (unpaired) electrons. The first-order valence-electron chi connectivity index (χ1n) is 7.18. The van der Waals surface area contributed by atoms with Crippen molar-refractivity contribution in [2.45, 2.75) is 45.6 Å². The van der Waals surface area contributed by atoms with Gasteiger partial charge < -0.3 is 11.1 Å². The fourth-order valence-electron chi connectivity index (χ4n) is 2.81. The second kappa shape index (κ2) is 6.53. The minimum Gasteiger partial charge on any atom is -0.349 e. The molecule has 2 rings (SSSR count). The van der Waals surface area contributed by atoms with Crippen LogP contribution in [0.25, 0.3) is 0 Å². The minimum absolute atomic E-state index is 0.0518. The van der Waals surface area contributed by atoms with E-state index in [1.54, 1.807) is 11.3 Å². The summed E-state index contributed by atoms with van der Waals surface area (Å²) in [5.74, 6) is 0.576. The number of hydrogen-bond donors (Lipinski definition) is 2. The highest BCUT2D eigenvalue weighted by atomic mass is 32.1. The van der Waals surface area contributed by atoms with E-state index in [1.807, 2.05) is 0 Å². The third-order valence-corrected chi connectivity index (χ3v) is 4.78. The van der Waals surface area contributed by atoms with Gasteiger partial charge in [0.05, 0.1) is 12.0 Å². The standard InChI is InChI=1S/C15H24N2OS/c1-10(2)8-11(9-16)15(18)17-13-4-3-5-14-12(13)6-7-19-14/h6-7,10-11,13H,3-5,8-9,16H2,1-2H3,(H,17,18). The average Bonchev–Trinajstić information content (AvgIpc) is 2.84. The van der Waals surface area contributed by atoms with Gasteiger partial charge in [-0.15, -0.1) is 11.3 Å². The molecule has 19 heavy (non-hydrogen) atoms. The molecule has 1 aromatic rings. The van der Waals surface area contributed by atoms with Gasteiger partial charge in [0.25, 0.3) is 0 Å². The van der Waals surface area contributed by atoms with Gasteiger partial charge in [-0.1, -0.05) is 13.8 Å². The highest BCUT2D eigenvalue weighted by molar-refractivity contribution is 7.10. The number of rotatable bonds is 5. The van der Waals surface area contributed by atoms with Gasteiger partial charge in [0.1, 0.15) is 0 Å². The Morgan fingerprint density at radius 2 is 2.37 bits per heavy atom. The smallest absolute Gasteiger partial charge is 0.224 e. The summed E-state index contributed by atoms with van der Waals surface area (Å²) in [5.41, 5.74) is 7.07. The molecular formula is C15H24N2OS. The van der Waals surface area contributed by atoms with E-state index >= 15 is 0 Å². The zero-order valence-electron chi connectivity index (χ0n) is 11.8. The van der Waals surface area contributed by atoms with Crippen LogP contribution < -0.4 is 11.1 Å². The Morgan fingerprint density at radius 3 is 3.05 bits per heavy atom. The molecule has 1 aliphatic carbocycles.